The Morgan fingerprint density at radius 2 is 1.82 bits per heavy atom. The molecule has 1 aliphatic heterocycles. The minimum absolute atomic E-state index is 0.0316. The van der Waals surface area contributed by atoms with Crippen molar-refractivity contribution in [3.63, 3.8) is 0 Å². The van der Waals surface area contributed by atoms with Gasteiger partial charge in [0.15, 0.2) is 11.6 Å². The maximum Gasteiger partial charge on any atom is 0.430 e. The fraction of sp³-hybridized carbons (Fsp3) is 0.167. The second-order valence-corrected chi connectivity index (χ2v) is 6.31. The van der Waals surface area contributed by atoms with Crippen LogP contribution in [0, 0.1) is 18.6 Å². The van der Waals surface area contributed by atoms with Gasteiger partial charge in [0.1, 0.15) is 17.3 Å². The lowest BCUT2D eigenvalue weighted by Gasteiger charge is -2.27. The highest BCUT2D eigenvalue weighted by atomic mass is 35.5. The number of alkyl halides is 3. The number of carbonyl (C=O) groups is 1. The van der Waals surface area contributed by atoms with Gasteiger partial charge in [0.05, 0.1) is 10.6 Å². The van der Waals surface area contributed by atoms with E-state index in [4.69, 9.17) is 26.2 Å². The van der Waals surface area contributed by atoms with Crippen LogP contribution < -0.4 is 9.47 Å². The molecule has 0 amide bonds. The fourth-order valence-electron chi connectivity index (χ4n) is 2.52. The Kier molecular flexibility index (Phi) is 4.97. The first kappa shape index (κ1) is 19.9. The lowest BCUT2D eigenvalue weighted by Crippen LogP contribution is -2.40. The zero-order valence-electron chi connectivity index (χ0n) is 13.9. The molecule has 10 heteroatoms. The lowest BCUT2D eigenvalue weighted by atomic mass is 10.0. The van der Waals surface area contributed by atoms with Gasteiger partial charge in [-0.05, 0) is 30.7 Å². The molecule has 0 bridgehead atoms. The summed E-state index contributed by atoms with van der Waals surface area (Å²) in [5.41, 5.74) is -1.02. The van der Waals surface area contributed by atoms with Gasteiger partial charge < -0.3 is 14.6 Å². The molecule has 0 saturated carbocycles. The number of aryl methyl sites for hydroxylation is 1. The Morgan fingerprint density at radius 3 is 2.43 bits per heavy atom. The number of hydrogen-bond donors (Lipinski definition) is 1. The smallest absolute Gasteiger partial charge is 0.430 e. The number of halogens is 6. The molecule has 28 heavy (non-hydrogen) atoms. The Bertz CT molecular complexity index is 1000. The van der Waals surface area contributed by atoms with Crippen LogP contribution in [-0.2, 0) is 4.79 Å². The molecule has 3 rings (SSSR count). The number of carboxylic acid groups (broad SMARTS) is 1. The monoisotopic (exact) mass is 420 g/mol. The van der Waals surface area contributed by atoms with Gasteiger partial charge in [0.2, 0.25) is 6.10 Å². The predicted molar refractivity (Wildman–Crippen MR) is 88.7 cm³/mol. The van der Waals surface area contributed by atoms with Gasteiger partial charge in [-0.3, -0.25) is 0 Å². The SMILES string of the molecule is Cc1cc(F)c(Oc2cc3c(cc2Cl)C=C(C(=O)O)C(C(F)(F)F)O3)cc1F. The summed E-state index contributed by atoms with van der Waals surface area (Å²) in [6.07, 6.45) is -6.92. The van der Waals surface area contributed by atoms with Crippen LogP contribution in [0.5, 0.6) is 17.2 Å². The summed E-state index contributed by atoms with van der Waals surface area (Å²) in [6, 6.07) is 3.70. The number of rotatable bonds is 3. The second kappa shape index (κ2) is 6.97. The molecule has 1 aliphatic rings. The largest absolute Gasteiger partial charge is 0.478 e. The Labute approximate surface area is 159 Å². The van der Waals surface area contributed by atoms with Crippen molar-refractivity contribution in [1.82, 2.24) is 0 Å². The second-order valence-electron chi connectivity index (χ2n) is 5.90. The van der Waals surface area contributed by atoms with Crippen LogP contribution in [0.2, 0.25) is 5.02 Å². The van der Waals surface area contributed by atoms with E-state index in [2.05, 4.69) is 0 Å². The number of aliphatic carboxylic acids is 1. The molecule has 0 aliphatic carbocycles. The van der Waals surface area contributed by atoms with Crippen molar-refractivity contribution in [2.24, 2.45) is 0 Å². The summed E-state index contributed by atoms with van der Waals surface area (Å²) < 4.78 is 77.0. The van der Waals surface area contributed by atoms with Gasteiger partial charge in [-0.25, -0.2) is 13.6 Å². The van der Waals surface area contributed by atoms with Crippen molar-refractivity contribution in [2.75, 3.05) is 0 Å². The van der Waals surface area contributed by atoms with Crippen molar-refractivity contribution < 1.29 is 41.3 Å². The van der Waals surface area contributed by atoms with Gasteiger partial charge in [-0.15, -0.1) is 0 Å². The maximum atomic E-state index is 14.0. The molecule has 0 spiro atoms. The first-order valence-corrected chi connectivity index (χ1v) is 8.00. The molecule has 1 unspecified atom stereocenters. The first-order chi connectivity index (χ1) is 13.0. The Morgan fingerprint density at radius 1 is 1.14 bits per heavy atom. The van der Waals surface area contributed by atoms with Crippen molar-refractivity contribution in [3.8, 4) is 17.2 Å². The summed E-state index contributed by atoms with van der Waals surface area (Å²) in [7, 11) is 0. The molecule has 1 heterocycles. The third kappa shape index (κ3) is 3.75. The molecular formula is C18H10ClF5O4. The highest BCUT2D eigenvalue weighted by Crippen LogP contribution is 2.42. The highest BCUT2D eigenvalue weighted by molar-refractivity contribution is 6.32. The molecule has 2 aromatic rings. The van der Waals surface area contributed by atoms with E-state index in [0.29, 0.717) is 0 Å². The molecule has 0 fully saturated rings. The van der Waals surface area contributed by atoms with Gasteiger partial charge in [-0.2, -0.15) is 13.2 Å². The van der Waals surface area contributed by atoms with Crippen LogP contribution in [-0.4, -0.2) is 23.4 Å². The first-order valence-electron chi connectivity index (χ1n) is 7.62. The number of hydrogen-bond acceptors (Lipinski definition) is 3. The third-order valence-electron chi connectivity index (χ3n) is 3.88. The molecule has 148 valence electrons. The van der Waals surface area contributed by atoms with E-state index in [-0.39, 0.29) is 27.6 Å². The van der Waals surface area contributed by atoms with Crippen LogP contribution in [0.4, 0.5) is 22.0 Å². The number of ether oxygens (including phenoxy) is 2. The summed E-state index contributed by atoms with van der Waals surface area (Å²) in [6.45, 7) is 1.34. The topological polar surface area (TPSA) is 55.8 Å². The Hall–Kier alpha value is -2.81. The summed E-state index contributed by atoms with van der Waals surface area (Å²) in [4.78, 5) is 11.1. The molecule has 0 radical (unpaired) electrons. The van der Waals surface area contributed by atoms with E-state index in [1.807, 2.05) is 0 Å². The molecular weight excluding hydrogens is 411 g/mol. The van der Waals surface area contributed by atoms with Crippen molar-refractivity contribution in [2.45, 2.75) is 19.2 Å². The summed E-state index contributed by atoms with van der Waals surface area (Å²) in [5, 5.41) is 8.84. The zero-order valence-corrected chi connectivity index (χ0v) is 14.7. The van der Waals surface area contributed by atoms with Crippen LogP contribution in [0.25, 0.3) is 6.08 Å². The van der Waals surface area contributed by atoms with Gasteiger partial charge >= 0.3 is 12.1 Å². The number of fused-ring (bicyclic) bond motifs is 1. The third-order valence-corrected chi connectivity index (χ3v) is 4.18. The normalized spacial score (nSPS) is 16.1. The molecule has 0 aromatic heterocycles. The van der Waals surface area contributed by atoms with E-state index in [1.165, 1.54) is 6.92 Å². The van der Waals surface area contributed by atoms with Crippen molar-refractivity contribution >= 4 is 23.6 Å². The van der Waals surface area contributed by atoms with Crippen LogP contribution in [0.1, 0.15) is 11.1 Å². The van der Waals surface area contributed by atoms with E-state index in [9.17, 15) is 26.7 Å². The number of carboxylic acids is 1. The maximum absolute atomic E-state index is 14.0. The van der Waals surface area contributed by atoms with E-state index in [0.717, 1.165) is 30.3 Å². The number of benzene rings is 2. The van der Waals surface area contributed by atoms with E-state index in [1.54, 1.807) is 0 Å². The van der Waals surface area contributed by atoms with E-state index < -0.39 is 41.2 Å². The van der Waals surface area contributed by atoms with Gasteiger partial charge in [-0.1, -0.05) is 11.6 Å². The Balaban J connectivity index is 2.04. The van der Waals surface area contributed by atoms with Crippen LogP contribution >= 0.6 is 11.6 Å². The predicted octanol–water partition coefficient (Wildman–Crippen LogP) is 5.51. The molecule has 2 aromatic carbocycles. The minimum atomic E-state index is -4.99. The fourth-order valence-corrected chi connectivity index (χ4v) is 2.73. The summed E-state index contributed by atoms with van der Waals surface area (Å²) in [5.74, 6) is -4.67. The quantitative estimate of drug-likeness (QED) is 0.665. The van der Waals surface area contributed by atoms with Gasteiger partial charge in [0, 0.05) is 17.7 Å². The van der Waals surface area contributed by atoms with Crippen LogP contribution in [0.3, 0.4) is 0 Å². The van der Waals surface area contributed by atoms with Crippen LogP contribution in [0.15, 0.2) is 29.8 Å². The average molecular weight is 421 g/mol. The standard InChI is InChI=1S/C18H10ClF5O4/c1-7-2-12(21)15(5-11(7)20)27-14-6-13-8(4-10(14)19)3-9(17(25)26)16(28-13)18(22,23)24/h2-6,16H,1H3,(H,25,26). The zero-order chi connectivity index (χ0) is 20.8. The molecule has 0 saturated heterocycles. The van der Waals surface area contributed by atoms with Crippen molar-refractivity contribution in [3.05, 3.63) is 57.6 Å². The minimum Gasteiger partial charge on any atom is -0.478 e. The highest BCUT2D eigenvalue weighted by Gasteiger charge is 2.48. The molecule has 4 nitrogen and oxygen atoms in total. The summed E-state index contributed by atoms with van der Waals surface area (Å²) >= 11 is 5.99. The lowest BCUT2D eigenvalue weighted by molar-refractivity contribution is -0.187. The van der Waals surface area contributed by atoms with Gasteiger partial charge in [0.25, 0.3) is 0 Å². The molecule has 1 N–H and O–H groups in total. The molecule has 1 atom stereocenters. The van der Waals surface area contributed by atoms with Crippen molar-refractivity contribution in [1.29, 1.82) is 0 Å². The van der Waals surface area contributed by atoms with E-state index >= 15 is 0 Å². The average Bonchev–Trinajstić information content (AvgIpc) is 2.58.